The van der Waals surface area contributed by atoms with Gasteiger partial charge in [-0.25, -0.2) is 5.48 Å². The molecule has 120 valence electrons. The molecule has 0 saturated carbocycles. The number of rotatable bonds is 14. The van der Waals surface area contributed by atoms with E-state index in [0.717, 1.165) is 19.4 Å². The van der Waals surface area contributed by atoms with Crippen molar-refractivity contribution in [1.82, 2.24) is 10.4 Å². The summed E-state index contributed by atoms with van der Waals surface area (Å²) in [7, 11) is 0. The van der Waals surface area contributed by atoms with E-state index in [0.29, 0.717) is 19.5 Å². The molecule has 20 heavy (non-hydrogen) atoms. The third-order valence-corrected chi connectivity index (χ3v) is 3.72. The second kappa shape index (κ2) is 14.8. The van der Waals surface area contributed by atoms with Crippen molar-refractivity contribution < 1.29 is 10.0 Å². The Morgan fingerprint density at radius 1 is 0.950 bits per heavy atom. The number of unbranched alkanes of at least 4 members (excludes halogenated alkanes) is 8. The molecule has 0 aromatic carbocycles. The molecule has 0 aliphatic carbocycles. The number of nitrogens with one attached hydrogen (secondary N) is 1. The lowest BCUT2D eigenvalue weighted by Gasteiger charge is -2.20. The lowest BCUT2D eigenvalue weighted by molar-refractivity contribution is -0.131. The molecule has 1 amide bonds. The molecular weight excluding hydrogens is 252 g/mol. The number of carbonyl (C=O) groups excluding carboxylic acids is 1. The highest BCUT2D eigenvalue weighted by Gasteiger charge is 2.10. The highest BCUT2D eigenvalue weighted by molar-refractivity contribution is 5.76. The molecule has 0 saturated heterocycles. The van der Waals surface area contributed by atoms with Crippen LogP contribution in [-0.4, -0.2) is 35.6 Å². The zero-order chi connectivity index (χ0) is 15.1. The Hall–Kier alpha value is -0.610. The van der Waals surface area contributed by atoms with Crippen molar-refractivity contribution >= 4 is 5.91 Å². The van der Waals surface area contributed by atoms with Crippen LogP contribution in [0, 0.1) is 0 Å². The van der Waals surface area contributed by atoms with Crippen LogP contribution in [0.25, 0.3) is 0 Å². The van der Waals surface area contributed by atoms with Crippen molar-refractivity contribution in [3.8, 4) is 0 Å². The smallest absolute Gasteiger partial charge is 0.222 e. The average molecular weight is 286 g/mol. The minimum absolute atomic E-state index is 0.214. The molecule has 0 spiro atoms. The van der Waals surface area contributed by atoms with E-state index in [4.69, 9.17) is 5.21 Å². The van der Waals surface area contributed by atoms with E-state index >= 15 is 0 Å². The second-order valence-electron chi connectivity index (χ2n) is 5.46. The molecule has 2 N–H and O–H groups in total. The van der Waals surface area contributed by atoms with Crippen LogP contribution in [-0.2, 0) is 4.79 Å². The monoisotopic (exact) mass is 286 g/mol. The number of likely N-dealkylation sites (N-methyl/N-ethyl adjacent to an activating group) is 1. The van der Waals surface area contributed by atoms with E-state index < -0.39 is 0 Å². The maximum atomic E-state index is 11.9. The summed E-state index contributed by atoms with van der Waals surface area (Å²) in [6, 6.07) is 0. The number of amides is 1. The molecule has 0 heterocycles. The molecule has 0 rings (SSSR count). The number of carbonyl (C=O) groups is 1. The van der Waals surface area contributed by atoms with Crippen molar-refractivity contribution in [1.29, 1.82) is 0 Å². The minimum Gasteiger partial charge on any atom is -0.342 e. The maximum absolute atomic E-state index is 11.9. The van der Waals surface area contributed by atoms with Crippen LogP contribution in [0.2, 0.25) is 0 Å². The lowest BCUT2D eigenvalue weighted by Crippen LogP contribution is -2.35. The zero-order valence-electron chi connectivity index (χ0n) is 13.5. The van der Waals surface area contributed by atoms with Gasteiger partial charge in [0.1, 0.15) is 0 Å². The molecule has 4 heteroatoms. The van der Waals surface area contributed by atoms with Gasteiger partial charge in [-0.3, -0.25) is 4.79 Å². The van der Waals surface area contributed by atoms with Crippen molar-refractivity contribution in [2.75, 3.05) is 19.6 Å². The summed E-state index contributed by atoms with van der Waals surface area (Å²) in [5.74, 6) is 0.214. The van der Waals surface area contributed by atoms with Gasteiger partial charge in [-0.05, 0) is 13.3 Å². The first-order chi connectivity index (χ1) is 9.76. The predicted octanol–water partition coefficient (Wildman–Crippen LogP) is 3.73. The van der Waals surface area contributed by atoms with E-state index in [2.05, 4.69) is 12.4 Å². The Balaban J connectivity index is 3.41. The van der Waals surface area contributed by atoms with Gasteiger partial charge in [-0.15, -0.1) is 0 Å². The molecule has 0 unspecified atom stereocenters. The van der Waals surface area contributed by atoms with Crippen molar-refractivity contribution in [2.45, 2.75) is 78.1 Å². The molecule has 0 aliphatic rings. The summed E-state index contributed by atoms with van der Waals surface area (Å²) in [6.45, 7) is 5.97. The highest BCUT2D eigenvalue weighted by atomic mass is 16.5. The number of hydroxylamine groups is 1. The van der Waals surface area contributed by atoms with Crippen LogP contribution in [0.3, 0.4) is 0 Å². The summed E-state index contributed by atoms with van der Waals surface area (Å²) in [6.07, 6.45) is 12.1. The van der Waals surface area contributed by atoms with Crippen LogP contribution in [0.15, 0.2) is 0 Å². The largest absolute Gasteiger partial charge is 0.342 e. The Labute approximate surface area is 124 Å². The summed E-state index contributed by atoms with van der Waals surface area (Å²) in [5.41, 5.74) is 2.10. The number of hydrogen-bond acceptors (Lipinski definition) is 3. The molecular formula is C16H34N2O2. The van der Waals surface area contributed by atoms with Crippen LogP contribution >= 0.6 is 0 Å². The molecule has 0 bridgehead atoms. The normalized spacial score (nSPS) is 10.8. The van der Waals surface area contributed by atoms with E-state index in [-0.39, 0.29) is 5.91 Å². The molecule has 0 radical (unpaired) electrons. The molecule has 4 nitrogen and oxygen atoms in total. The van der Waals surface area contributed by atoms with Gasteiger partial charge in [0.05, 0.1) is 0 Å². The Kier molecular flexibility index (Phi) is 14.3. The molecule has 0 fully saturated rings. The molecule has 0 atom stereocenters. The van der Waals surface area contributed by atoms with Gasteiger partial charge in [0.2, 0.25) is 5.91 Å². The Morgan fingerprint density at radius 2 is 1.50 bits per heavy atom. The maximum Gasteiger partial charge on any atom is 0.222 e. The fourth-order valence-electron chi connectivity index (χ4n) is 2.39. The predicted molar refractivity (Wildman–Crippen MR) is 83.9 cm³/mol. The van der Waals surface area contributed by atoms with Crippen LogP contribution < -0.4 is 5.48 Å². The molecule has 0 aliphatic heterocycles. The summed E-state index contributed by atoms with van der Waals surface area (Å²) < 4.78 is 0. The fraction of sp³-hybridized carbons (Fsp3) is 0.938. The van der Waals surface area contributed by atoms with Gasteiger partial charge in [0, 0.05) is 26.1 Å². The zero-order valence-corrected chi connectivity index (χ0v) is 13.5. The highest BCUT2D eigenvalue weighted by Crippen LogP contribution is 2.11. The van der Waals surface area contributed by atoms with Gasteiger partial charge < -0.3 is 10.1 Å². The van der Waals surface area contributed by atoms with Gasteiger partial charge in [-0.2, -0.15) is 0 Å². The number of nitrogens with zero attached hydrogens (tertiary/aromatic N) is 1. The van der Waals surface area contributed by atoms with Crippen LogP contribution in [0.1, 0.15) is 78.1 Å². The van der Waals surface area contributed by atoms with Crippen molar-refractivity contribution in [3.63, 3.8) is 0 Å². The first kappa shape index (κ1) is 19.4. The third-order valence-electron chi connectivity index (χ3n) is 3.72. The van der Waals surface area contributed by atoms with Gasteiger partial charge in [-0.1, -0.05) is 58.3 Å². The first-order valence-corrected chi connectivity index (χ1v) is 8.41. The summed E-state index contributed by atoms with van der Waals surface area (Å²) in [4.78, 5) is 13.7. The molecule has 0 aromatic heterocycles. The first-order valence-electron chi connectivity index (χ1n) is 8.41. The Morgan fingerprint density at radius 3 is 2.00 bits per heavy atom. The Bertz CT molecular complexity index is 223. The molecule has 0 aromatic rings. The van der Waals surface area contributed by atoms with Crippen LogP contribution in [0.5, 0.6) is 0 Å². The lowest BCUT2D eigenvalue weighted by atomic mass is 10.1. The summed E-state index contributed by atoms with van der Waals surface area (Å²) in [5, 5.41) is 8.55. The minimum atomic E-state index is 0.214. The van der Waals surface area contributed by atoms with Crippen molar-refractivity contribution in [2.24, 2.45) is 0 Å². The van der Waals surface area contributed by atoms with Gasteiger partial charge in [0.15, 0.2) is 0 Å². The van der Waals surface area contributed by atoms with Gasteiger partial charge in [0.25, 0.3) is 0 Å². The van der Waals surface area contributed by atoms with Gasteiger partial charge >= 0.3 is 0 Å². The summed E-state index contributed by atoms with van der Waals surface area (Å²) >= 11 is 0. The van der Waals surface area contributed by atoms with Crippen LogP contribution in [0.4, 0.5) is 0 Å². The topological polar surface area (TPSA) is 52.6 Å². The average Bonchev–Trinajstić information content (AvgIpc) is 2.46. The SMILES string of the molecule is CCCCCCCCCCCC(=O)N(CC)CCNO. The van der Waals surface area contributed by atoms with E-state index in [1.807, 2.05) is 6.92 Å². The second-order valence-corrected chi connectivity index (χ2v) is 5.46. The number of hydrogen-bond donors (Lipinski definition) is 2. The quantitative estimate of drug-likeness (QED) is 0.378. The van der Waals surface area contributed by atoms with E-state index in [1.54, 1.807) is 4.90 Å². The fourth-order valence-corrected chi connectivity index (χ4v) is 2.39. The standard InChI is InChI=1S/C16H34N2O2/c1-3-5-6-7-8-9-10-11-12-13-16(19)18(4-2)15-14-17-20/h17,20H,3-15H2,1-2H3. The third kappa shape index (κ3) is 11.2. The van der Waals surface area contributed by atoms with E-state index in [1.165, 1.54) is 44.9 Å². The van der Waals surface area contributed by atoms with E-state index in [9.17, 15) is 4.79 Å². The van der Waals surface area contributed by atoms with Crippen molar-refractivity contribution in [3.05, 3.63) is 0 Å².